The smallest absolute Gasteiger partial charge is 0.387 e. The van der Waals surface area contributed by atoms with Crippen molar-refractivity contribution in [2.45, 2.75) is 26.3 Å². The highest BCUT2D eigenvalue weighted by atomic mass is 19.3. The van der Waals surface area contributed by atoms with Crippen molar-refractivity contribution in [2.75, 3.05) is 0 Å². The Hall–Kier alpha value is -3.31. The first-order chi connectivity index (χ1) is 12.6. The van der Waals surface area contributed by atoms with E-state index in [1.165, 1.54) is 0 Å². The van der Waals surface area contributed by atoms with Crippen LogP contribution in [0.3, 0.4) is 0 Å². The molecule has 0 aliphatic heterocycles. The number of nitrogens with two attached hydrogens (primary N) is 1. The molecule has 0 aliphatic rings. The van der Waals surface area contributed by atoms with E-state index in [-0.39, 0.29) is 5.56 Å². The van der Waals surface area contributed by atoms with E-state index in [4.69, 9.17) is 5.73 Å². The molecule has 1 aromatic carbocycles. The van der Waals surface area contributed by atoms with Gasteiger partial charge in [-0.1, -0.05) is 0 Å². The van der Waals surface area contributed by atoms with Gasteiger partial charge in [0.05, 0.1) is 0 Å². The number of amides is 3. The van der Waals surface area contributed by atoms with Gasteiger partial charge in [0.25, 0.3) is 5.91 Å². The fourth-order valence-electron chi connectivity index (χ4n) is 1.67. The summed E-state index contributed by atoms with van der Waals surface area (Å²) in [6.07, 6.45) is 0.397. The number of alkyl halides is 4. The Labute approximate surface area is 149 Å². The minimum Gasteiger partial charge on any atom is -0.449 e. The molecule has 0 fully saturated rings. The second-order valence-corrected chi connectivity index (χ2v) is 4.72. The van der Waals surface area contributed by atoms with E-state index < -0.39 is 48.7 Å². The number of esters is 1. The summed E-state index contributed by atoms with van der Waals surface area (Å²) in [7, 11) is 0. The summed E-state index contributed by atoms with van der Waals surface area (Å²) in [4.78, 5) is 33.6. The Morgan fingerprint density at radius 2 is 1.74 bits per heavy atom. The molecule has 0 spiro atoms. The lowest BCUT2D eigenvalue weighted by molar-refractivity contribution is -0.149. The van der Waals surface area contributed by atoms with E-state index in [0.29, 0.717) is 0 Å². The highest BCUT2D eigenvalue weighted by Crippen LogP contribution is 2.28. The monoisotopic (exact) mass is 394 g/mol. The Bertz CT molecular complexity index is 726. The van der Waals surface area contributed by atoms with Crippen molar-refractivity contribution in [2.24, 2.45) is 5.73 Å². The molecule has 1 rings (SSSR count). The van der Waals surface area contributed by atoms with Crippen LogP contribution in [-0.4, -0.2) is 37.2 Å². The van der Waals surface area contributed by atoms with Crippen LogP contribution in [0.25, 0.3) is 6.08 Å². The van der Waals surface area contributed by atoms with Crippen LogP contribution in [0.5, 0.6) is 11.5 Å². The Morgan fingerprint density at radius 3 is 2.30 bits per heavy atom. The van der Waals surface area contributed by atoms with Crippen LogP contribution in [-0.2, 0) is 14.3 Å². The summed E-state index contributed by atoms with van der Waals surface area (Å²) >= 11 is 0. The van der Waals surface area contributed by atoms with Crippen LogP contribution in [0.4, 0.5) is 22.4 Å². The molecule has 8 nitrogen and oxygen atoms in total. The number of hydrogen-bond donors (Lipinski definition) is 2. The van der Waals surface area contributed by atoms with Crippen molar-refractivity contribution in [3.63, 3.8) is 0 Å². The first kappa shape index (κ1) is 21.7. The first-order valence-corrected chi connectivity index (χ1v) is 7.11. The second-order valence-electron chi connectivity index (χ2n) is 4.72. The summed E-state index contributed by atoms with van der Waals surface area (Å²) in [5.41, 5.74) is 4.66. The number of benzene rings is 1. The highest BCUT2D eigenvalue weighted by Gasteiger charge is 2.18. The lowest BCUT2D eigenvalue weighted by Gasteiger charge is -2.12. The summed E-state index contributed by atoms with van der Waals surface area (Å²) in [5.74, 6) is -3.00. The molecule has 0 bridgehead atoms. The van der Waals surface area contributed by atoms with Crippen molar-refractivity contribution >= 4 is 24.0 Å². The van der Waals surface area contributed by atoms with E-state index in [0.717, 1.165) is 37.3 Å². The normalized spacial score (nSPS) is 12.1. The van der Waals surface area contributed by atoms with Crippen molar-refractivity contribution in [3.8, 4) is 11.5 Å². The third kappa shape index (κ3) is 8.07. The van der Waals surface area contributed by atoms with Gasteiger partial charge in [0.2, 0.25) is 0 Å². The van der Waals surface area contributed by atoms with Crippen LogP contribution in [0.2, 0.25) is 0 Å². The van der Waals surface area contributed by atoms with Gasteiger partial charge in [-0.3, -0.25) is 10.1 Å². The van der Waals surface area contributed by atoms with Gasteiger partial charge in [-0.2, -0.15) is 17.6 Å². The van der Waals surface area contributed by atoms with Crippen molar-refractivity contribution in [1.82, 2.24) is 5.32 Å². The lowest BCUT2D eigenvalue weighted by Crippen LogP contribution is -2.42. The van der Waals surface area contributed by atoms with Gasteiger partial charge in [0, 0.05) is 17.7 Å². The van der Waals surface area contributed by atoms with Crippen molar-refractivity contribution < 1.29 is 46.2 Å². The van der Waals surface area contributed by atoms with Crippen LogP contribution in [0.15, 0.2) is 24.3 Å². The zero-order valence-corrected chi connectivity index (χ0v) is 13.7. The van der Waals surface area contributed by atoms with Crippen molar-refractivity contribution in [3.05, 3.63) is 29.8 Å². The molecule has 0 aliphatic carbocycles. The molecule has 0 aromatic heterocycles. The summed E-state index contributed by atoms with van der Waals surface area (Å²) in [5, 5.41) is 1.69. The minimum absolute atomic E-state index is 0.0805. The molecule has 3 N–H and O–H groups in total. The molecule has 0 unspecified atom stereocenters. The quantitative estimate of drug-likeness (QED) is 0.396. The van der Waals surface area contributed by atoms with E-state index in [9.17, 15) is 31.9 Å². The number of ether oxygens (including phenoxy) is 3. The fraction of sp³-hybridized carbons (Fsp3) is 0.267. The number of carbonyl (C=O) groups is 3. The first-order valence-electron chi connectivity index (χ1n) is 7.11. The maximum atomic E-state index is 12.4. The molecular formula is C15H14F4N2O6. The molecule has 0 heterocycles. The minimum atomic E-state index is -3.26. The number of halogens is 4. The van der Waals surface area contributed by atoms with E-state index in [2.05, 4.69) is 14.2 Å². The summed E-state index contributed by atoms with van der Waals surface area (Å²) in [6.45, 7) is -5.27. The number of primary amides is 1. The zero-order chi connectivity index (χ0) is 20.6. The van der Waals surface area contributed by atoms with Crippen LogP contribution >= 0.6 is 0 Å². The van der Waals surface area contributed by atoms with Crippen molar-refractivity contribution in [1.29, 1.82) is 0 Å². The molecular weight excluding hydrogens is 380 g/mol. The van der Waals surface area contributed by atoms with E-state index in [1.54, 1.807) is 5.32 Å². The summed E-state index contributed by atoms with van der Waals surface area (Å²) < 4.78 is 62.2. The SMILES string of the molecule is C[C@@H](OC(=O)/C=C/c1ccc(OC(F)F)cc1OC(F)F)C(=O)NC(N)=O. The molecule has 1 aromatic rings. The molecule has 3 amide bonds. The third-order valence-corrected chi connectivity index (χ3v) is 2.73. The number of hydrogen-bond acceptors (Lipinski definition) is 6. The van der Waals surface area contributed by atoms with E-state index in [1.807, 2.05) is 0 Å². The number of nitrogens with one attached hydrogen (secondary N) is 1. The fourth-order valence-corrected chi connectivity index (χ4v) is 1.67. The topological polar surface area (TPSA) is 117 Å². The molecule has 0 radical (unpaired) electrons. The molecule has 0 saturated heterocycles. The maximum Gasteiger partial charge on any atom is 0.387 e. The predicted octanol–water partition coefficient (Wildman–Crippen LogP) is 2.03. The van der Waals surface area contributed by atoms with Gasteiger partial charge in [0.15, 0.2) is 6.10 Å². The van der Waals surface area contributed by atoms with Gasteiger partial charge in [-0.15, -0.1) is 0 Å². The predicted molar refractivity (Wildman–Crippen MR) is 82.0 cm³/mol. The number of carbonyl (C=O) groups excluding carboxylic acids is 3. The zero-order valence-electron chi connectivity index (χ0n) is 13.7. The lowest BCUT2D eigenvalue weighted by atomic mass is 10.1. The number of rotatable bonds is 8. The standard InChI is InChI=1S/C15H14F4N2O6/c1-7(12(23)21-15(20)24)25-11(22)5-3-8-2-4-9(26-13(16)17)6-10(8)27-14(18)19/h2-7,13-14H,1H3,(H3,20,21,23,24)/b5-3+/t7-/m1/s1. The number of urea groups is 1. The molecule has 0 saturated carbocycles. The van der Waals surface area contributed by atoms with Gasteiger partial charge in [-0.25, -0.2) is 9.59 Å². The van der Waals surface area contributed by atoms with Crippen LogP contribution in [0, 0.1) is 0 Å². The van der Waals surface area contributed by atoms with Gasteiger partial charge < -0.3 is 19.9 Å². The van der Waals surface area contributed by atoms with E-state index >= 15 is 0 Å². The van der Waals surface area contributed by atoms with Gasteiger partial charge >= 0.3 is 25.2 Å². The molecule has 27 heavy (non-hydrogen) atoms. The maximum absolute atomic E-state index is 12.4. The number of imide groups is 1. The Kier molecular flexibility index (Phi) is 8.04. The molecule has 148 valence electrons. The Morgan fingerprint density at radius 1 is 1.11 bits per heavy atom. The average Bonchev–Trinajstić information content (AvgIpc) is 2.52. The third-order valence-electron chi connectivity index (χ3n) is 2.73. The van der Waals surface area contributed by atoms with Gasteiger partial charge in [-0.05, 0) is 25.1 Å². The van der Waals surface area contributed by atoms with Gasteiger partial charge in [0.1, 0.15) is 11.5 Å². The largest absolute Gasteiger partial charge is 0.449 e. The molecule has 12 heteroatoms. The molecule has 1 atom stereocenters. The second kappa shape index (κ2) is 9.99. The highest BCUT2D eigenvalue weighted by molar-refractivity contribution is 5.97. The Balaban J connectivity index is 2.87. The summed E-state index contributed by atoms with van der Waals surface area (Å²) in [6, 6.07) is 1.77. The van der Waals surface area contributed by atoms with Crippen LogP contribution < -0.4 is 20.5 Å². The van der Waals surface area contributed by atoms with Crippen LogP contribution in [0.1, 0.15) is 12.5 Å². The average molecular weight is 394 g/mol.